The Morgan fingerprint density at radius 1 is 1.03 bits per heavy atom. The normalized spacial score (nSPS) is 14.5. The average molecular weight is 508 g/mol. The summed E-state index contributed by atoms with van der Waals surface area (Å²) in [6, 6.07) is 21.2. The summed E-state index contributed by atoms with van der Waals surface area (Å²) in [6.45, 7) is 2.56. The van der Waals surface area contributed by atoms with E-state index >= 15 is 0 Å². The molecule has 6 heteroatoms. The Morgan fingerprint density at radius 2 is 1.79 bits per heavy atom. The summed E-state index contributed by atoms with van der Waals surface area (Å²) < 4.78 is 0. The van der Waals surface area contributed by atoms with Crippen molar-refractivity contribution in [3.05, 3.63) is 111 Å². The summed E-state index contributed by atoms with van der Waals surface area (Å²) in [7, 11) is 0. The van der Waals surface area contributed by atoms with Crippen molar-refractivity contribution in [1.29, 1.82) is 0 Å². The number of nitrogens with one attached hydrogen (secondary N) is 2. The third-order valence-electron chi connectivity index (χ3n) is 7.32. The van der Waals surface area contributed by atoms with Crippen molar-refractivity contribution >= 4 is 28.8 Å². The Balaban J connectivity index is 1.27. The Hall–Kier alpha value is -4.19. The highest BCUT2D eigenvalue weighted by Crippen LogP contribution is 2.33. The van der Waals surface area contributed by atoms with E-state index in [9.17, 15) is 14.7 Å². The number of amides is 1. The monoisotopic (exact) mass is 507 g/mol. The topological polar surface area (TPSA) is 95.1 Å². The molecule has 4 aromatic rings. The van der Waals surface area contributed by atoms with Gasteiger partial charge in [-0.15, -0.1) is 0 Å². The highest BCUT2D eigenvalue weighted by Gasteiger charge is 2.16. The fourth-order valence-corrected chi connectivity index (χ4v) is 5.20. The predicted octanol–water partition coefficient (Wildman–Crippen LogP) is 6.31. The van der Waals surface area contributed by atoms with E-state index in [-0.39, 0.29) is 17.4 Å². The van der Waals surface area contributed by atoms with Gasteiger partial charge in [0.1, 0.15) is 11.5 Å². The lowest BCUT2D eigenvalue weighted by Crippen LogP contribution is -2.25. The summed E-state index contributed by atoms with van der Waals surface area (Å²) in [6.07, 6.45) is 8.42. The minimum atomic E-state index is -0.431. The van der Waals surface area contributed by atoms with E-state index in [4.69, 9.17) is 0 Å². The summed E-state index contributed by atoms with van der Waals surface area (Å²) in [5.41, 5.74) is 5.44. The molecule has 0 atom stereocenters. The molecule has 3 N–H and O–H groups in total. The molecule has 6 nitrogen and oxygen atoms in total. The zero-order valence-corrected chi connectivity index (χ0v) is 21.7. The van der Waals surface area contributed by atoms with Gasteiger partial charge in [0, 0.05) is 23.7 Å². The van der Waals surface area contributed by atoms with Gasteiger partial charge in [-0.25, -0.2) is 4.98 Å². The van der Waals surface area contributed by atoms with Gasteiger partial charge in [-0.3, -0.25) is 9.59 Å². The molecule has 0 bridgehead atoms. The van der Waals surface area contributed by atoms with Crippen LogP contribution in [0.1, 0.15) is 76.3 Å². The summed E-state index contributed by atoms with van der Waals surface area (Å²) in [5.74, 6) is 0.370. The maximum absolute atomic E-state index is 12.7. The number of fused-ring (bicyclic) bond motifs is 1. The largest absolute Gasteiger partial charge is 0.507 e. The van der Waals surface area contributed by atoms with Crippen LogP contribution in [-0.2, 0) is 6.42 Å². The standard InChI is InChI=1S/C32H33N3O3/c1-21-6-5-7-22(18-21)16-17-33-31(37)26-14-15-27-28(19-26)35-32(38)29(34-27)20-30(36)25-12-10-24(11-13-25)23-8-3-2-4-9-23/h5-7,10-15,18-20,23,36H,2-4,8-9,16-17H2,1H3,(H,33,37)(H,35,38). The third kappa shape index (κ3) is 6.02. The van der Waals surface area contributed by atoms with Gasteiger partial charge in [-0.2, -0.15) is 0 Å². The van der Waals surface area contributed by atoms with Gasteiger partial charge >= 0.3 is 0 Å². The fourth-order valence-electron chi connectivity index (χ4n) is 5.20. The number of hydrogen-bond acceptors (Lipinski definition) is 4. The first kappa shape index (κ1) is 25.5. The first-order valence-corrected chi connectivity index (χ1v) is 13.3. The van der Waals surface area contributed by atoms with Crippen molar-refractivity contribution < 1.29 is 9.90 Å². The third-order valence-corrected chi connectivity index (χ3v) is 7.32. The van der Waals surface area contributed by atoms with Crippen molar-refractivity contribution in [2.45, 2.75) is 51.4 Å². The quantitative estimate of drug-likeness (QED) is 0.256. The van der Waals surface area contributed by atoms with Crippen molar-refractivity contribution in [2.24, 2.45) is 0 Å². The van der Waals surface area contributed by atoms with Crippen LogP contribution in [0.5, 0.6) is 0 Å². The highest BCUT2D eigenvalue weighted by molar-refractivity contribution is 5.97. The molecule has 1 fully saturated rings. The maximum Gasteiger partial charge on any atom is 0.274 e. The molecule has 1 heterocycles. The van der Waals surface area contributed by atoms with E-state index in [1.165, 1.54) is 54.9 Å². The van der Waals surface area contributed by atoms with Crippen LogP contribution in [0.3, 0.4) is 0 Å². The number of rotatable bonds is 7. The minimum absolute atomic E-state index is 0.0119. The zero-order chi connectivity index (χ0) is 26.5. The first-order chi connectivity index (χ1) is 18.5. The molecule has 1 amide bonds. The number of carbonyl (C=O) groups is 1. The van der Waals surface area contributed by atoms with Gasteiger partial charge in [0.2, 0.25) is 0 Å². The second kappa shape index (κ2) is 11.5. The number of H-pyrrole nitrogens is 1. The van der Waals surface area contributed by atoms with Gasteiger partial charge in [0.25, 0.3) is 11.5 Å². The van der Waals surface area contributed by atoms with Gasteiger partial charge < -0.3 is 15.4 Å². The minimum Gasteiger partial charge on any atom is -0.507 e. The molecule has 1 aliphatic carbocycles. The average Bonchev–Trinajstić information content (AvgIpc) is 2.94. The van der Waals surface area contributed by atoms with Crippen LogP contribution in [0, 0.1) is 6.92 Å². The maximum atomic E-state index is 12.7. The van der Waals surface area contributed by atoms with Crippen molar-refractivity contribution in [1.82, 2.24) is 15.3 Å². The number of benzene rings is 3. The van der Waals surface area contributed by atoms with Crippen LogP contribution >= 0.6 is 0 Å². The van der Waals surface area contributed by atoms with Gasteiger partial charge in [-0.05, 0) is 61.4 Å². The molecule has 3 aromatic carbocycles. The van der Waals surface area contributed by atoms with E-state index < -0.39 is 5.56 Å². The highest BCUT2D eigenvalue weighted by atomic mass is 16.3. The number of aromatic amines is 1. The Morgan fingerprint density at radius 3 is 2.55 bits per heavy atom. The van der Waals surface area contributed by atoms with E-state index in [1.807, 2.05) is 37.3 Å². The Labute approximate surface area is 222 Å². The van der Waals surface area contributed by atoms with Crippen LogP contribution in [0.2, 0.25) is 0 Å². The van der Waals surface area contributed by atoms with Gasteiger partial charge in [-0.1, -0.05) is 73.4 Å². The number of nitrogens with zero attached hydrogens (tertiary/aromatic N) is 1. The number of carbonyl (C=O) groups excluding carboxylic acids is 1. The summed E-state index contributed by atoms with van der Waals surface area (Å²) in [4.78, 5) is 32.6. The predicted molar refractivity (Wildman–Crippen MR) is 152 cm³/mol. The number of aliphatic hydroxyl groups is 1. The molecule has 1 aromatic heterocycles. The Kier molecular flexibility index (Phi) is 7.68. The van der Waals surface area contributed by atoms with Crippen LogP contribution in [0.25, 0.3) is 22.9 Å². The second-order valence-electron chi connectivity index (χ2n) is 10.2. The van der Waals surface area contributed by atoms with Gasteiger partial charge in [0.05, 0.1) is 11.0 Å². The Bertz CT molecular complexity index is 1530. The molecule has 0 saturated heterocycles. The molecule has 0 unspecified atom stereocenters. The first-order valence-electron chi connectivity index (χ1n) is 13.3. The summed E-state index contributed by atoms with van der Waals surface area (Å²) >= 11 is 0. The summed E-state index contributed by atoms with van der Waals surface area (Å²) in [5, 5.41) is 13.6. The number of aryl methyl sites for hydroxylation is 1. The lowest BCUT2D eigenvalue weighted by atomic mass is 9.84. The van der Waals surface area contributed by atoms with Crippen molar-refractivity contribution in [3.63, 3.8) is 0 Å². The van der Waals surface area contributed by atoms with E-state index in [2.05, 4.69) is 33.5 Å². The van der Waals surface area contributed by atoms with Crippen LogP contribution in [0.4, 0.5) is 0 Å². The van der Waals surface area contributed by atoms with E-state index in [1.54, 1.807) is 18.2 Å². The molecular formula is C32H33N3O3. The zero-order valence-electron chi connectivity index (χ0n) is 21.7. The lowest BCUT2D eigenvalue weighted by molar-refractivity contribution is 0.0954. The second-order valence-corrected chi connectivity index (χ2v) is 10.2. The molecule has 0 aliphatic heterocycles. The lowest BCUT2D eigenvalue weighted by Gasteiger charge is -2.22. The number of hydrogen-bond donors (Lipinski definition) is 3. The van der Waals surface area contributed by atoms with Crippen LogP contribution < -0.4 is 10.9 Å². The fraction of sp³-hybridized carbons (Fsp3) is 0.281. The molecule has 5 rings (SSSR count). The molecule has 1 saturated carbocycles. The van der Waals surface area contributed by atoms with Gasteiger partial charge in [0.15, 0.2) is 0 Å². The SMILES string of the molecule is Cc1cccc(CCNC(=O)c2ccc3nc(C=C(O)c4ccc(C5CCCCC5)cc4)c(=O)[nH]c3c2)c1. The van der Waals surface area contributed by atoms with Crippen molar-refractivity contribution in [2.75, 3.05) is 6.54 Å². The van der Waals surface area contributed by atoms with Crippen LogP contribution in [-0.4, -0.2) is 27.5 Å². The number of aliphatic hydroxyl groups excluding tert-OH is 1. The smallest absolute Gasteiger partial charge is 0.274 e. The van der Waals surface area contributed by atoms with E-state index in [0.717, 1.165) is 6.42 Å². The molecule has 0 spiro atoms. The van der Waals surface area contributed by atoms with E-state index in [0.29, 0.717) is 34.6 Å². The molecule has 0 radical (unpaired) electrons. The van der Waals surface area contributed by atoms with Crippen LogP contribution in [0.15, 0.2) is 71.5 Å². The molecule has 194 valence electrons. The molecular weight excluding hydrogens is 474 g/mol. The molecule has 1 aliphatic rings. The molecule has 38 heavy (non-hydrogen) atoms. The number of aromatic nitrogens is 2. The van der Waals surface area contributed by atoms with Crippen molar-refractivity contribution in [3.8, 4) is 0 Å².